The van der Waals surface area contributed by atoms with Crippen LogP contribution in [0.5, 0.6) is 0 Å². The monoisotopic (exact) mass is 412 g/mol. The van der Waals surface area contributed by atoms with Crippen LogP contribution < -0.4 is 0 Å². The van der Waals surface area contributed by atoms with E-state index < -0.39 is 11.9 Å². The average molecular weight is 411 g/mol. The fourth-order valence-corrected chi connectivity index (χ4v) is 1.26. The van der Waals surface area contributed by atoms with Crippen molar-refractivity contribution in [2.45, 2.75) is 51.4 Å². The van der Waals surface area contributed by atoms with Gasteiger partial charge in [0.25, 0.3) is 0 Å². The van der Waals surface area contributed by atoms with E-state index in [-0.39, 0.29) is 40.1 Å². The number of rotatable bonds is 9. The summed E-state index contributed by atoms with van der Waals surface area (Å²) in [6.07, 6.45) is 5.82. The molecule has 4 nitrogen and oxygen atoms in total. The van der Waals surface area contributed by atoms with Gasteiger partial charge in [0.2, 0.25) is 0 Å². The van der Waals surface area contributed by atoms with Gasteiger partial charge in [-0.2, -0.15) is 0 Å². The second-order valence-corrected chi connectivity index (χ2v) is 3.41. The normalized spacial score (nSPS) is 9.33. The van der Waals surface area contributed by atoms with Gasteiger partial charge in [0.1, 0.15) is 0 Å². The van der Waals surface area contributed by atoms with Crippen LogP contribution in [0.2, 0.25) is 0 Å². The molecule has 0 spiro atoms. The number of hydrogen-bond acceptors (Lipinski definition) is 2. The van der Waals surface area contributed by atoms with Gasteiger partial charge in [-0.1, -0.05) is 25.7 Å². The van der Waals surface area contributed by atoms with E-state index in [0.717, 1.165) is 38.5 Å². The maximum absolute atomic E-state index is 10.1. The van der Waals surface area contributed by atoms with Gasteiger partial charge in [-0.25, -0.2) is 0 Å². The van der Waals surface area contributed by atoms with E-state index in [2.05, 4.69) is 0 Å². The zero-order valence-electron chi connectivity index (χ0n) is 9.07. The molecule has 0 aliphatic carbocycles. The molecule has 0 aromatic heterocycles. The molecular formula is C10H20O4Pb. The van der Waals surface area contributed by atoms with Gasteiger partial charge in [-0.05, 0) is 12.8 Å². The first kappa shape index (κ1) is 17.3. The van der Waals surface area contributed by atoms with Crippen molar-refractivity contribution in [3.63, 3.8) is 0 Å². The van der Waals surface area contributed by atoms with Crippen LogP contribution in [0.4, 0.5) is 0 Å². The molecule has 0 aliphatic rings. The molecule has 5 heteroatoms. The van der Waals surface area contributed by atoms with Crippen molar-refractivity contribution in [1.82, 2.24) is 0 Å². The van der Waals surface area contributed by atoms with Crippen molar-refractivity contribution in [3.8, 4) is 0 Å². The number of unbranched alkanes of at least 4 members (excludes halogenated alkanes) is 5. The van der Waals surface area contributed by atoms with E-state index in [1.54, 1.807) is 0 Å². The average Bonchev–Trinajstić information content (AvgIpc) is 2.08. The summed E-state index contributed by atoms with van der Waals surface area (Å²) in [5.74, 6) is -1.48. The standard InChI is InChI=1S/C10H18O4.Pb.2H/c11-9(12)7-5-3-1-2-4-6-8-10(13)14;;;/h1-8H2,(H,11,12)(H,13,14);;;. The Hall–Kier alpha value is -0.138. The van der Waals surface area contributed by atoms with Crippen molar-refractivity contribution < 1.29 is 19.8 Å². The van der Waals surface area contributed by atoms with E-state index in [0.29, 0.717) is 0 Å². The molecule has 15 heavy (non-hydrogen) atoms. The second kappa shape index (κ2) is 11.9. The van der Waals surface area contributed by atoms with Gasteiger partial charge >= 0.3 is 39.2 Å². The summed E-state index contributed by atoms with van der Waals surface area (Å²) in [5.41, 5.74) is 0. The third kappa shape index (κ3) is 16.5. The molecule has 0 amide bonds. The van der Waals surface area contributed by atoms with Crippen LogP contribution in [0.15, 0.2) is 0 Å². The van der Waals surface area contributed by atoms with Crippen LogP contribution in [0.25, 0.3) is 0 Å². The predicted octanol–water partition coefficient (Wildman–Crippen LogP) is 1.36. The van der Waals surface area contributed by atoms with Gasteiger partial charge in [-0.15, -0.1) is 0 Å². The Kier molecular flexibility index (Phi) is 13.7. The summed E-state index contributed by atoms with van der Waals surface area (Å²) < 4.78 is 0. The Balaban J connectivity index is 0. The van der Waals surface area contributed by atoms with Crippen LogP contribution in [-0.4, -0.2) is 49.5 Å². The third-order valence-electron chi connectivity index (χ3n) is 2.03. The molecule has 0 saturated heterocycles. The van der Waals surface area contributed by atoms with Gasteiger partial charge in [-0.3, -0.25) is 9.59 Å². The van der Waals surface area contributed by atoms with Crippen LogP contribution in [0.3, 0.4) is 0 Å². The minimum atomic E-state index is -0.740. The van der Waals surface area contributed by atoms with Crippen LogP contribution in [0, 0.1) is 0 Å². The molecule has 0 fully saturated rings. The van der Waals surface area contributed by atoms with Crippen LogP contribution in [0.1, 0.15) is 51.4 Å². The SMILES string of the molecule is O=C(O)CCCCCCCCC(=O)O.[PbH2]. The summed E-state index contributed by atoms with van der Waals surface area (Å²) in [6.45, 7) is 0. The van der Waals surface area contributed by atoms with Gasteiger partial charge in [0, 0.05) is 12.8 Å². The molecule has 88 valence electrons. The van der Waals surface area contributed by atoms with Gasteiger partial charge < -0.3 is 10.2 Å². The molecule has 0 heterocycles. The molecule has 0 saturated carbocycles. The molecule has 2 N–H and O–H groups in total. The first-order valence-corrected chi connectivity index (χ1v) is 5.06. The Morgan fingerprint density at radius 2 is 0.933 bits per heavy atom. The molecule has 0 aromatic rings. The minimum absolute atomic E-state index is 0. The summed E-state index contributed by atoms with van der Waals surface area (Å²) in [6, 6.07) is 0. The molecular weight excluding hydrogens is 391 g/mol. The van der Waals surface area contributed by atoms with E-state index in [9.17, 15) is 9.59 Å². The Labute approximate surface area is 110 Å². The topological polar surface area (TPSA) is 74.6 Å². The fraction of sp³-hybridized carbons (Fsp3) is 0.800. The number of carboxylic acids is 2. The number of carbonyl (C=O) groups is 2. The summed E-state index contributed by atoms with van der Waals surface area (Å²) >= 11 is 0. The molecule has 0 bridgehead atoms. The molecule has 2 radical (unpaired) electrons. The van der Waals surface area contributed by atoms with E-state index in [4.69, 9.17) is 10.2 Å². The molecule has 0 rings (SSSR count). The van der Waals surface area contributed by atoms with Crippen molar-refractivity contribution >= 4 is 39.2 Å². The molecule has 0 unspecified atom stereocenters. The maximum atomic E-state index is 10.1. The molecule has 0 aromatic carbocycles. The zero-order chi connectivity index (χ0) is 10.8. The van der Waals surface area contributed by atoms with Crippen molar-refractivity contribution in [2.75, 3.05) is 0 Å². The Bertz CT molecular complexity index is 162. The Morgan fingerprint density at radius 3 is 1.20 bits per heavy atom. The van der Waals surface area contributed by atoms with E-state index in [1.165, 1.54) is 0 Å². The quantitative estimate of drug-likeness (QED) is 0.444. The summed E-state index contributed by atoms with van der Waals surface area (Å²) in [7, 11) is 0. The first-order valence-electron chi connectivity index (χ1n) is 5.06. The summed E-state index contributed by atoms with van der Waals surface area (Å²) in [5, 5.41) is 16.7. The molecule has 0 aliphatic heterocycles. The van der Waals surface area contributed by atoms with Gasteiger partial charge in [0.05, 0.1) is 0 Å². The van der Waals surface area contributed by atoms with Gasteiger partial charge in [0.15, 0.2) is 0 Å². The number of carboxylic acid groups (broad SMARTS) is 2. The predicted molar refractivity (Wildman–Crippen MR) is 60.8 cm³/mol. The van der Waals surface area contributed by atoms with E-state index in [1.807, 2.05) is 0 Å². The van der Waals surface area contributed by atoms with Crippen molar-refractivity contribution in [2.24, 2.45) is 0 Å². The summed E-state index contributed by atoms with van der Waals surface area (Å²) in [4.78, 5) is 20.3. The zero-order valence-corrected chi connectivity index (χ0v) is 14.6. The Morgan fingerprint density at radius 1 is 0.667 bits per heavy atom. The third-order valence-corrected chi connectivity index (χ3v) is 2.03. The van der Waals surface area contributed by atoms with Crippen LogP contribution in [-0.2, 0) is 9.59 Å². The molecule has 0 atom stereocenters. The van der Waals surface area contributed by atoms with E-state index >= 15 is 0 Å². The second-order valence-electron chi connectivity index (χ2n) is 3.41. The van der Waals surface area contributed by atoms with Crippen molar-refractivity contribution in [3.05, 3.63) is 0 Å². The van der Waals surface area contributed by atoms with Crippen LogP contribution >= 0.6 is 0 Å². The van der Waals surface area contributed by atoms with Crippen molar-refractivity contribution in [1.29, 1.82) is 0 Å². The fourth-order valence-electron chi connectivity index (χ4n) is 1.26. The number of aliphatic carboxylic acids is 2. The first-order chi connectivity index (χ1) is 6.63. The number of hydrogen-bond donors (Lipinski definition) is 2.